The zero-order valence-corrected chi connectivity index (χ0v) is 8.65. The lowest BCUT2D eigenvalue weighted by atomic mass is 10.1. The summed E-state index contributed by atoms with van der Waals surface area (Å²) in [5.74, 6) is -0.743. The first-order chi connectivity index (χ1) is 6.63. The normalized spacial score (nSPS) is 25.1. The fourth-order valence-electron chi connectivity index (χ4n) is 1.97. The Labute approximate surface area is 84.5 Å². The molecule has 2 N–H and O–H groups in total. The Balaban J connectivity index is 2.38. The molecule has 0 radical (unpaired) electrons. The molecule has 1 aliphatic heterocycles. The summed E-state index contributed by atoms with van der Waals surface area (Å²) in [7, 11) is 0. The Morgan fingerprint density at radius 1 is 1.64 bits per heavy atom. The minimum Gasteiger partial charge on any atom is -0.481 e. The Hall–Kier alpha value is -0.610. The Kier molecular flexibility index (Phi) is 4.35. The lowest BCUT2D eigenvalue weighted by molar-refractivity contribution is -0.138. The molecule has 14 heavy (non-hydrogen) atoms. The van der Waals surface area contributed by atoms with Gasteiger partial charge in [0.2, 0.25) is 0 Å². The van der Waals surface area contributed by atoms with Crippen LogP contribution in [0, 0.1) is 0 Å². The SMILES string of the molecule is CCC(O)CN1CCCC1CC(=O)O. The molecular weight excluding hydrogens is 182 g/mol. The third-order valence-electron chi connectivity index (χ3n) is 2.83. The zero-order valence-electron chi connectivity index (χ0n) is 8.65. The fraction of sp³-hybridized carbons (Fsp3) is 0.900. The maximum atomic E-state index is 10.6. The summed E-state index contributed by atoms with van der Waals surface area (Å²) in [5, 5.41) is 18.2. The van der Waals surface area contributed by atoms with Gasteiger partial charge in [0.1, 0.15) is 0 Å². The minimum absolute atomic E-state index is 0.133. The summed E-state index contributed by atoms with van der Waals surface area (Å²) >= 11 is 0. The Morgan fingerprint density at radius 2 is 2.36 bits per heavy atom. The van der Waals surface area contributed by atoms with Crippen LogP contribution in [0.4, 0.5) is 0 Å². The van der Waals surface area contributed by atoms with E-state index >= 15 is 0 Å². The molecule has 0 saturated carbocycles. The lowest BCUT2D eigenvalue weighted by Crippen LogP contribution is -2.37. The molecule has 0 aliphatic carbocycles. The standard InChI is InChI=1S/C10H19NO3/c1-2-9(12)7-11-5-3-4-8(11)6-10(13)14/h8-9,12H,2-7H2,1H3,(H,13,14). The van der Waals surface area contributed by atoms with Crippen molar-refractivity contribution in [1.29, 1.82) is 0 Å². The van der Waals surface area contributed by atoms with Crippen molar-refractivity contribution in [3.8, 4) is 0 Å². The maximum Gasteiger partial charge on any atom is 0.304 e. The van der Waals surface area contributed by atoms with E-state index in [-0.39, 0.29) is 18.6 Å². The van der Waals surface area contributed by atoms with E-state index in [1.54, 1.807) is 0 Å². The van der Waals surface area contributed by atoms with Crippen LogP contribution in [0.2, 0.25) is 0 Å². The molecule has 0 aromatic rings. The maximum absolute atomic E-state index is 10.6. The molecule has 0 aromatic carbocycles. The van der Waals surface area contributed by atoms with Crippen molar-refractivity contribution in [1.82, 2.24) is 4.90 Å². The Bertz CT molecular complexity index is 196. The van der Waals surface area contributed by atoms with Crippen molar-refractivity contribution < 1.29 is 15.0 Å². The fourth-order valence-corrected chi connectivity index (χ4v) is 1.97. The molecule has 4 heteroatoms. The van der Waals surface area contributed by atoms with Crippen molar-refractivity contribution >= 4 is 5.97 Å². The second-order valence-corrected chi connectivity index (χ2v) is 3.95. The van der Waals surface area contributed by atoms with Crippen LogP contribution < -0.4 is 0 Å². The smallest absolute Gasteiger partial charge is 0.304 e. The summed E-state index contributed by atoms with van der Waals surface area (Å²) in [6.45, 7) is 3.48. The number of aliphatic carboxylic acids is 1. The lowest BCUT2D eigenvalue weighted by Gasteiger charge is -2.25. The molecule has 82 valence electrons. The number of rotatable bonds is 5. The molecule has 0 aromatic heterocycles. The van der Waals surface area contributed by atoms with Crippen molar-refractivity contribution in [3.05, 3.63) is 0 Å². The van der Waals surface area contributed by atoms with Crippen LogP contribution in [-0.2, 0) is 4.79 Å². The van der Waals surface area contributed by atoms with Crippen LogP contribution in [0.1, 0.15) is 32.6 Å². The molecule has 1 fully saturated rings. The van der Waals surface area contributed by atoms with Gasteiger partial charge in [-0.3, -0.25) is 9.69 Å². The van der Waals surface area contributed by atoms with Gasteiger partial charge in [-0.1, -0.05) is 6.92 Å². The topological polar surface area (TPSA) is 60.8 Å². The summed E-state index contributed by atoms with van der Waals surface area (Å²) in [6.07, 6.45) is 2.62. The van der Waals surface area contributed by atoms with E-state index in [1.807, 2.05) is 6.92 Å². The average Bonchev–Trinajstić information content (AvgIpc) is 2.52. The molecule has 1 saturated heterocycles. The van der Waals surface area contributed by atoms with Gasteiger partial charge >= 0.3 is 5.97 Å². The molecule has 0 amide bonds. The number of hydrogen-bond acceptors (Lipinski definition) is 3. The van der Waals surface area contributed by atoms with Gasteiger partial charge in [0.05, 0.1) is 12.5 Å². The zero-order chi connectivity index (χ0) is 10.6. The molecule has 1 aliphatic rings. The average molecular weight is 201 g/mol. The molecule has 0 bridgehead atoms. The molecule has 2 atom stereocenters. The quantitative estimate of drug-likeness (QED) is 0.687. The number of carbonyl (C=O) groups is 1. The number of β-amino-alcohol motifs (C(OH)–C–C–N with tert-alkyl or cyclic N) is 1. The molecular formula is C10H19NO3. The third-order valence-corrected chi connectivity index (χ3v) is 2.83. The highest BCUT2D eigenvalue weighted by molar-refractivity contribution is 5.67. The number of aliphatic hydroxyl groups excluding tert-OH is 1. The van der Waals surface area contributed by atoms with Crippen molar-refractivity contribution in [2.75, 3.05) is 13.1 Å². The minimum atomic E-state index is -0.743. The molecule has 2 unspecified atom stereocenters. The third kappa shape index (κ3) is 3.27. The van der Waals surface area contributed by atoms with E-state index < -0.39 is 5.97 Å². The van der Waals surface area contributed by atoms with Crippen LogP contribution in [0.15, 0.2) is 0 Å². The first-order valence-electron chi connectivity index (χ1n) is 5.27. The van der Waals surface area contributed by atoms with E-state index in [2.05, 4.69) is 4.90 Å². The van der Waals surface area contributed by atoms with Gasteiger partial charge in [0, 0.05) is 12.6 Å². The van der Waals surface area contributed by atoms with Crippen LogP contribution in [-0.4, -0.2) is 46.3 Å². The first-order valence-corrected chi connectivity index (χ1v) is 5.27. The predicted octanol–water partition coefficient (Wildman–Crippen LogP) is 0.696. The van der Waals surface area contributed by atoms with Gasteiger partial charge in [0.15, 0.2) is 0 Å². The highest BCUT2D eigenvalue weighted by Gasteiger charge is 2.27. The van der Waals surface area contributed by atoms with E-state index in [1.165, 1.54) is 0 Å². The monoisotopic (exact) mass is 201 g/mol. The van der Waals surface area contributed by atoms with Gasteiger partial charge in [-0.2, -0.15) is 0 Å². The van der Waals surface area contributed by atoms with Gasteiger partial charge in [-0.15, -0.1) is 0 Å². The van der Waals surface area contributed by atoms with Crippen molar-refractivity contribution in [3.63, 3.8) is 0 Å². The summed E-state index contributed by atoms with van der Waals surface area (Å²) in [4.78, 5) is 12.7. The highest BCUT2D eigenvalue weighted by atomic mass is 16.4. The summed E-state index contributed by atoms with van der Waals surface area (Å²) < 4.78 is 0. The van der Waals surface area contributed by atoms with Crippen molar-refractivity contribution in [2.45, 2.75) is 44.8 Å². The molecule has 1 heterocycles. The van der Waals surface area contributed by atoms with Crippen LogP contribution in [0.25, 0.3) is 0 Å². The van der Waals surface area contributed by atoms with E-state index in [0.717, 1.165) is 25.8 Å². The summed E-state index contributed by atoms with van der Waals surface area (Å²) in [5.41, 5.74) is 0. The molecule has 0 spiro atoms. The van der Waals surface area contributed by atoms with Crippen LogP contribution in [0.5, 0.6) is 0 Å². The van der Waals surface area contributed by atoms with Crippen LogP contribution >= 0.6 is 0 Å². The van der Waals surface area contributed by atoms with Gasteiger partial charge in [-0.05, 0) is 25.8 Å². The van der Waals surface area contributed by atoms with E-state index in [0.29, 0.717) is 6.54 Å². The number of carboxylic acids is 1. The number of likely N-dealkylation sites (tertiary alicyclic amines) is 1. The Morgan fingerprint density at radius 3 is 2.93 bits per heavy atom. The second kappa shape index (κ2) is 5.32. The van der Waals surface area contributed by atoms with Crippen LogP contribution in [0.3, 0.4) is 0 Å². The summed E-state index contributed by atoms with van der Waals surface area (Å²) in [6, 6.07) is 0.133. The number of carboxylic acid groups (broad SMARTS) is 1. The largest absolute Gasteiger partial charge is 0.481 e. The van der Waals surface area contributed by atoms with Crippen molar-refractivity contribution in [2.24, 2.45) is 0 Å². The number of nitrogens with zero attached hydrogens (tertiary/aromatic N) is 1. The first kappa shape index (κ1) is 11.5. The number of aliphatic hydroxyl groups is 1. The highest BCUT2D eigenvalue weighted by Crippen LogP contribution is 2.20. The van der Waals surface area contributed by atoms with Gasteiger partial charge in [-0.25, -0.2) is 0 Å². The van der Waals surface area contributed by atoms with E-state index in [9.17, 15) is 9.90 Å². The molecule has 1 rings (SSSR count). The van der Waals surface area contributed by atoms with Gasteiger partial charge < -0.3 is 10.2 Å². The second-order valence-electron chi connectivity index (χ2n) is 3.95. The predicted molar refractivity (Wildman–Crippen MR) is 53.1 cm³/mol. The van der Waals surface area contributed by atoms with Gasteiger partial charge in [0.25, 0.3) is 0 Å². The number of hydrogen-bond donors (Lipinski definition) is 2. The van der Waals surface area contributed by atoms with E-state index in [4.69, 9.17) is 5.11 Å². The molecule has 4 nitrogen and oxygen atoms in total.